The first-order valence-electron chi connectivity index (χ1n) is 4.26. The summed E-state index contributed by atoms with van der Waals surface area (Å²) in [7, 11) is 0. The molecule has 4 nitrogen and oxygen atoms in total. The largest absolute Gasteiger partial charge is 0.478 e. The molecule has 0 bridgehead atoms. The lowest BCUT2D eigenvalue weighted by Gasteiger charge is -2.16. The average Bonchev–Trinajstić information content (AvgIpc) is 2.15. The second-order valence-corrected chi connectivity index (χ2v) is 3.51. The molecule has 1 rings (SSSR count). The molecule has 1 aromatic carbocycles. The van der Waals surface area contributed by atoms with Gasteiger partial charge in [-0.2, -0.15) is 13.2 Å². The SMILES string of the molecule is O=C(O)C(O)Nc1cc(Cl)ccc1C(F)(F)F. The third kappa shape index (κ3) is 3.50. The van der Waals surface area contributed by atoms with Crippen LogP contribution in [0.1, 0.15) is 5.56 Å². The first kappa shape index (κ1) is 13.6. The third-order valence-corrected chi connectivity index (χ3v) is 2.05. The number of hydrogen-bond donors (Lipinski definition) is 3. The summed E-state index contributed by atoms with van der Waals surface area (Å²) in [6, 6.07) is 2.60. The van der Waals surface area contributed by atoms with Crippen molar-refractivity contribution in [2.45, 2.75) is 12.4 Å². The van der Waals surface area contributed by atoms with Crippen molar-refractivity contribution in [2.75, 3.05) is 5.32 Å². The molecule has 94 valence electrons. The number of carbonyl (C=O) groups is 1. The average molecular weight is 270 g/mol. The highest BCUT2D eigenvalue weighted by Crippen LogP contribution is 2.36. The molecule has 17 heavy (non-hydrogen) atoms. The Morgan fingerprint density at radius 2 is 2.00 bits per heavy atom. The van der Waals surface area contributed by atoms with E-state index in [2.05, 4.69) is 0 Å². The van der Waals surface area contributed by atoms with E-state index in [1.54, 1.807) is 0 Å². The van der Waals surface area contributed by atoms with E-state index in [0.717, 1.165) is 12.1 Å². The van der Waals surface area contributed by atoms with E-state index in [-0.39, 0.29) is 5.02 Å². The number of anilines is 1. The van der Waals surface area contributed by atoms with Gasteiger partial charge in [0.25, 0.3) is 0 Å². The minimum Gasteiger partial charge on any atom is -0.478 e. The summed E-state index contributed by atoms with van der Waals surface area (Å²) in [6.45, 7) is 0. The van der Waals surface area contributed by atoms with Crippen LogP contribution in [0.2, 0.25) is 5.02 Å². The molecule has 0 aromatic heterocycles. The molecule has 0 aliphatic heterocycles. The number of carboxylic acid groups (broad SMARTS) is 1. The normalized spacial score (nSPS) is 13.2. The number of aliphatic hydroxyl groups is 1. The van der Waals surface area contributed by atoms with Crippen LogP contribution < -0.4 is 5.32 Å². The van der Waals surface area contributed by atoms with Gasteiger partial charge in [-0.25, -0.2) is 4.79 Å². The maximum atomic E-state index is 12.5. The van der Waals surface area contributed by atoms with Crippen molar-refractivity contribution in [1.82, 2.24) is 0 Å². The molecule has 0 aliphatic carbocycles. The molecule has 0 saturated heterocycles. The second-order valence-electron chi connectivity index (χ2n) is 3.07. The minimum absolute atomic E-state index is 0.0157. The van der Waals surface area contributed by atoms with E-state index in [0.29, 0.717) is 6.07 Å². The van der Waals surface area contributed by atoms with Crippen molar-refractivity contribution in [2.24, 2.45) is 0 Å². The van der Waals surface area contributed by atoms with Gasteiger partial charge in [0, 0.05) is 5.02 Å². The number of nitrogens with one attached hydrogen (secondary N) is 1. The van der Waals surface area contributed by atoms with Crippen molar-refractivity contribution >= 4 is 23.3 Å². The zero-order chi connectivity index (χ0) is 13.2. The lowest BCUT2D eigenvalue weighted by molar-refractivity contribution is -0.145. The molecule has 1 aromatic rings. The molecule has 1 unspecified atom stereocenters. The van der Waals surface area contributed by atoms with Crippen LogP contribution in [0.4, 0.5) is 18.9 Å². The zero-order valence-electron chi connectivity index (χ0n) is 8.12. The number of hydrogen-bond acceptors (Lipinski definition) is 3. The van der Waals surface area contributed by atoms with Gasteiger partial charge in [-0.3, -0.25) is 0 Å². The highest BCUT2D eigenvalue weighted by atomic mass is 35.5. The molecule has 0 amide bonds. The number of benzene rings is 1. The van der Waals surface area contributed by atoms with Crippen molar-refractivity contribution in [1.29, 1.82) is 0 Å². The lowest BCUT2D eigenvalue weighted by Crippen LogP contribution is -2.29. The lowest BCUT2D eigenvalue weighted by atomic mass is 10.1. The van der Waals surface area contributed by atoms with E-state index < -0.39 is 29.6 Å². The Kier molecular flexibility index (Phi) is 3.84. The fourth-order valence-electron chi connectivity index (χ4n) is 1.09. The Bertz CT molecular complexity index is 436. The van der Waals surface area contributed by atoms with E-state index in [1.165, 1.54) is 0 Å². The Balaban J connectivity index is 3.12. The summed E-state index contributed by atoms with van der Waals surface area (Å²) < 4.78 is 37.6. The van der Waals surface area contributed by atoms with Crippen LogP contribution in [-0.4, -0.2) is 22.4 Å². The van der Waals surface area contributed by atoms with Crippen LogP contribution in [0.25, 0.3) is 0 Å². The van der Waals surface area contributed by atoms with Crippen LogP contribution >= 0.6 is 11.6 Å². The standard InChI is InChI=1S/C9H7ClF3NO3/c10-4-1-2-5(9(11,12)13)6(3-4)14-7(15)8(16)17/h1-3,7,14-15H,(H,16,17). The van der Waals surface area contributed by atoms with Gasteiger partial charge in [0.15, 0.2) is 0 Å². The molecule has 0 heterocycles. The molecular formula is C9H7ClF3NO3. The van der Waals surface area contributed by atoms with Crippen molar-refractivity contribution in [3.8, 4) is 0 Å². The zero-order valence-corrected chi connectivity index (χ0v) is 8.88. The first-order chi connectivity index (χ1) is 7.71. The number of halogens is 4. The topological polar surface area (TPSA) is 69.6 Å². The fourth-order valence-corrected chi connectivity index (χ4v) is 1.26. The van der Waals surface area contributed by atoms with E-state index >= 15 is 0 Å². The van der Waals surface area contributed by atoms with Crippen LogP contribution in [-0.2, 0) is 11.0 Å². The van der Waals surface area contributed by atoms with Gasteiger partial charge < -0.3 is 15.5 Å². The van der Waals surface area contributed by atoms with Gasteiger partial charge in [-0.1, -0.05) is 11.6 Å². The maximum Gasteiger partial charge on any atom is 0.418 e. The number of aliphatic hydroxyl groups excluding tert-OH is 1. The molecule has 0 fully saturated rings. The second kappa shape index (κ2) is 4.80. The minimum atomic E-state index is -4.68. The van der Waals surface area contributed by atoms with E-state index in [4.69, 9.17) is 21.8 Å². The summed E-state index contributed by atoms with van der Waals surface area (Å²) in [5, 5.41) is 19.1. The van der Waals surface area contributed by atoms with Crippen LogP contribution in [0, 0.1) is 0 Å². The molecular weight excluding hydrogens is 263 g/mol. The monoisotopic (exact) mass is 269 g/mol. The van der Waals surface area contributed by atoms with E-state index in [9.17, 15) is 18.0 Å². The highest BCUT2D eigenvalue weighted by Gasteiger charge is 2.34. The third-order valence-electron chi connectivity index (χ3n) is 1.81. The van der Waals surface area contributed by atoms with Crippen LogP contribution in [0.15, 0.2) is 18.2 Å². The van der Waals surface area contributed by atoms with Crippen molar-refractivity contribution in [3.63, 3.8) is 0 Å². The van der Waals surface area contributed by atoms with Crippen LogP contribution in [0.3, 0.4) is 0 Å². The van der Waals surface area contributed by atoms with Gasteiger partial charge in [0.05, 0.1) is 11.3 Å². The summed E-state index contributed by atoms with van der Waals surface area (Å²) in [6.07, 6.45) is -6.82. The Labute approximate surface area is 98.6 Å². The van der Waals surface area contributed by atoms with Gasteiger partial charge in [-0.15, -0.1) is 0 Å². The summed E-state index contributed by atoms with van der Waals surface area (Å²) in [4.78, 5) is 10.3. The molecule has 3 N–H and O–H groups in total. The first-order valence-corrected chi connectivity index (χ1v) is 4.64. The Morgan fingerprint density at radius 1 is 1.41 bits per heavy atom. The Morgan fingerprint density at radius 3 is 2.47 bits per heavy atom. The molecule has 8 heteroatoms. The van der Waals surface area contributed by atoms with Crippen molar-refractivity contribution < 1.29 is 28.2 Å². The number of alkyl halides is 3. The molecule has 0 aliphatic rings. The molecule has 0 saturated carbocycles. The molecule has 1 atom stereocenters. The molecule has 0 radical (unpaired) electrons. The summed E-state index contributed by atoms with van der Waals surface area (Å²) >= 11 is 5.49. The smallest absolute Gasteiger partial charge is 0.418 e. The number of rotatable bonds is 3. The number of aliphatic carboxylic acids is 1. The predicted octanol–water partition coefficient (Wildman–Crippen LogP) is 2.17. The summed E-state index contributed by atoms with van der Waals surface area (Å²) in [5.41, 5.74) is -1.71. The van der Waals surface area contributed by atoms with Crippen LogP contribution in [0.5, 0.6) is 0 Å². The quantitative estimate of drug-likeness (QED) is 0.736. The van der Waals surface area contributed by atoms with Gasteiger partial charge in [0.1, 0.15) is 0 Å². The predicted molar refractivity (Wildman–Crippen MR) is 53.7 cm³/mol. The maximum absolute atomic E-state index is 12.5. The Hall–Kier alpha value is -1.47. The van der Waals surface area contributed by atoms with Gasteiger partial charge in [-0.05, 0) is 18.2 Å². The van der Waals surface area contributed by atoms with Crippen molar-refractivity contribution in [3.05, 3.63) is 28.8 Å². The highest BCUT2D eigenvalue weighted by molar-refractivity contribution is 6.30. The van der Waals surface area contributed by atoms with Gasteiger partial charge in [0.2, 0.25) is 6.23 Å². The molecule has 0 spiro atoms. The van der Waals surface area contributed by atoms with E-state index in [1.807, 2.05) is 5.32 Å². The summed E-state index contributed by atoms with van der Waals surface area (Å²) in [5.74, 6) is -1.70. The van der Waals surface area contributed by atoms with Gasteiger partial charge >= 0.3 is 12.1 Å². The number of carboxylic acids is 1. The fraction of sp³-hybridized carbons (Fsp3) is 0.222.